The van der Waals surface area contributed by atoms with Gasteiger partial charge < -0.3 is 20.1 Å². The highest BCUT2D eigenvalue weighted by Gasteiger charge is 2.49. The van der Waals surface area contributed by atoms with Gasteiger partial charge in [-0.25, -0.2) is 8.42 Å². The number of sulfone groups is 1. The molecule has 2 N–H and O–H groups in total. The second kappa shape index (κ2) is 11.6. The monoisotopic (exact) mass is 602 g/mol. The van der Waals surface area contributed by atoms with E-state index in [1.54, 1.807) is 10.9 Å². The number of hydrogen-bond donors (Lipinski definition) is 2. The first-order chi connectivity index (χ1) is 18.8. The smallest absolute Gasteiger partial charge is 0.387 e. The van der Waals surface area contributed by atoms with Crippen LogP contribution in [0.2, 0.25) is 5.02 Å². The number of carbonyl (C=O) groups excluding carboxylic acids is 1. The van der Waals surface area contributed by atoms with Crippen molar-refractivity contribution in [3.05, 3.63) is 41.2 Å². The lowest BCUT2D eigenvalue weighted by atomic mass is 9.79. The lowest BCUT2D eigenvalue weighted by Crippen LogP contribution is -2.56. The van der Waals surface area contributed by atoms with E-state index in [1.807, 2.05) is 24.8 Å². The number of carboxylic acid groups (broad SMARTS) is 1. The molecule has 220 valence electrons. The van der Waals surface area contributed by atoms with Crippen LogP contribution in [0.4, 0.5) is 14.5 Å². The molecule has 40 heavy (non-hydrogen) atoms. The van der Waals surface area contributed by atoms with Crippen LogP contribution >= 0.6 is 11.6 Å². The van der Waals surface area contributed by atoms with E-state index < -0.39 is 39.3 Å². The van der Waals surface area contributed by atoms with Gasteiger partial charge in [-0.15, -0.1) is 0 Å². The summed E-state index contributed by atoms with van der Waals surface area (Å²) in [5, 5.41) is 17.4. The Balaban J connectivity index is 1.61. The Morgan fingerprint density at radius 3 is 2.38 bits per heavy atom. The SMILES string of the molecule is CC(C)c1ccnn1C1(C(=O)Nc2ccc(Cl)cc2OC(F)F)CCN(CC2(C(=O)O)CCS(=O)(=O)CC2)CC1. The number of carbonyl (C=O) groups is 2. The van der Waals surface area contributed by atoms with Crippen LogP contribution in [-0.2, 0) is 25.0 Å². The van der Waals surface area contributed by atoms with Crippen molar-refractivity contribution < 1.29 is 36.6 Å². The molecular weight excluding hydrogens is 570 g/mol. The van der Waals surface area contributed by atoms with Crippen molar-refractivity contribution in [3.8, 4) is 5.75 Å². The number of amides is 1. The minimum atomic E-state index is -3.26. The van der Waals surface area contributed by atoms with Gasteiger partial charge >= 0.3 is 12.6 Å². The first kappa shape index (κ1) is 30.2. The number of halogens is 3. The normalized spacial score (nSPS) is 20.4. The maximum absolute atomic E-state index is 14.0. The quantitative estimate of drug-likeness (QED) is 0.441. The van der Waals surface area contributed by atoms with E-state index in [4.69, 9.17) is 11.6 Å². The van der Waals surface area contributed by atoms with Crippen molar-refractivity contribution in [2.24, 2.45) is 5.41 Å². The molecule has 2 fully saturated rings. The van der Waals surface area contributed by atoms with Crippen LogP contribution in [0.25, 0.3) is 0 Å². The summed E-state index contributed by atoms with van der Waals surface area (Å²) in [6.45, 7) is 1.66. The Morgan fingerprint density at radius 2 is 1.80 bits per heavy atom. The fraction of sp³-hybridized carbons (Fsp3) is 0.577. The number of ether oxygens (including phenoxy) is 1. The number of piperidine rings is 1. The van der Waals surface area contributed by atoms with Crippen molar-refractivity contribution in [2.75, 3.05) is 36.5 Å². The van der Waals surface area contributed by atoms with Gasteiger partial charge in [0.1, 0.15) is 15.4 Å². The molecule has 0 radical (unpaired) electrons. The number of nitrogens with zero attached hydrogens (tertiary/aromatic N) is 3. The number of likely N-dealkylation sites (tertiary alicyclic amines) is 1. The summed E-state index contributed by atoms with van der Waals surface area (Å²) in [6.07, 6.45) is 2.19. The lowest BCUT2D eigenvalue weighted by molar-refractivity contribution is -0.151. The molecule has 1 amide bonds. The Hall–Kier alpha value is -2.77. The molecule has 0 spiro atoms. The zero-order valence-electron chi connectivity index (χ0n) is 22.3. The molecule has 0 aliphatic carbocycles. The Kier molecular flexibility index (Phi) is 8.77. The van der Waals surface area contributed by atoms with Crippen molar-refractivity contribution in [1.29, 1.82) is 0 Å². The summed E-state index contributed by atoms with van der Waals surface area (Å²) >= 11 is 5.96. The fourth-order valence-electron chi connectivity index (χ4n) is 5.55. The topological polar surface area (TPSA) is 131 Å². The molecule has 0 bridgehead atoms. The molecule has 0 atom stereocenters. The number of carboxylic acids is 1. The number of anilines is 1. The molecule has 0 unspecified atom stereocenters. The van der Waals surface area contributed by atoms with Crippen molar-refractivity contribution in [1.82, 2.24) is 14.7 Å². The van der Waals surface area contributed by atoms with Gasteiger partial charge in [0, 0.05) is 42.6 Å². The van der Waals surface area contributed by atoms with Gasteiger partial charge in [0.25, 0.3) is 5.91 Å². The molecule has 3 heterocycles. The van der Waals surface area contributed by atoms with E-state index in [9.17, 15) is 31.9 Å². The van der Waals surface area contributed by atoms with Crippen LogP contribution in [0.1, 0.15) is 51.1 Å². The van der Waals surface area contributed by atoms with E-state index in [1.165, 1.54) is 18.2 Å². The van der Waals surface area contributed by atoms with E-state index in [2.05, 4.69) is 15.2 Å². The summed E-state index contributed by atoms with van der Waals surface area (Å²) in [5.41, 5.74) is -1.55. The number of aromatic nitrogens is 2. The number of hydrogen-bond acceptors (Lipinski definition) is 7. The van der Waals surface area contributed by atoms with Crippen LogP contribution in [0, 0.1) is 5.41 Å². The molecule has 2 saturated heterocycles. The van der Waals surface area contributed by atoms with Crippen molar-refractivity contribution in [3.63, 3.8) is 0 Å². The molecule has 2 aromatic rings. The zero-order valence-corrected chi connectivity index (χ0v) is 23.9. The third-order valence-corrected chi connectivity index (χ3v) is 9.83. The van der Waals surface area contributed by atoms with Crippen LogP contribution in [0.15, 0.2) is 30.5 Å². The minimum absolute atomic E-state index is 0.0259. The minimum Gasteiger partial charge on any atom is -0.481 e. The van der Waals surface area contributed by atoms with Gasteiger partial charge in [0.2, 0.25) is 0 Å². The maximum Gasteiger partial charge on any atom is 0.387 e. The van der Waals surface area contributed by atoms with E-state index in [0.717, 1.165) is 5.69 Å². The number of rotatable bonds is 9. The largest absolute Gasteiger partial charge is 0.481 e. The Bertz CT molecular complexity index is 1340. The summed E-state index contributed by atoms with van der Waals surface area (Å²) in [6, 6.07) is 5.86. The molecule has 0 saturated carbocycles. The molecule has 4 rings (SSSR count). The summed E-state index contributed by atoms with van der Waals surface area (Å²) < 4.78 is 56.3. The second-order valence-electron chi connectivity index (χ2n) is 10.8. The molecular formula is C26H33ClF2N4O6S. The third kappa shape index (κ3) is 6.26. The highest BCUT2D eigenvalue weighted by Crippen LogP contribution is 2.39. The number of benzene rings is 1. The lowest BCUT2D eigenvalue weighted by Gasteiger charge is -2.44. The van der Waals surface area contributed by atoms with Gasteiger partial charge in [0.15, 0.2) is 5.75 Å². The van der Waals surface area contributed by atoms with Gasteiger partial charge in [-0.1, -0.05) is 25.4 Å². The first-order valence-corrected chi connectivity index (χ1v) is 15.2. The van der Waals surface area contributed by atoms with Gasteiger partial charge in [-0.2, -0.15) is 13.9 Å². The van der Waals surface area contributed by atoms with Gasteiger partial charge in [-0.05, 0) is 49.8 Å². The van der Waals surface area contributed by atoms with E-state index >= 15 is 0 Å². The van der Waals surface area contributed by atoms with Gasteiger partial charge in [-0.3, -0.25) is 14.3 Å². The molecule has 14 heteroatoms. The summed E-state index contributed by atoms with van der Waals surface area (Å²) in [5.74, 6) is -2.10. The maximum atomic E-state index is 14.0. The highest BCUT2D eigenvalue weighted by atomic mass is 35.5. The second-order valence-corrected chi connectivity index (χ2v) is 13.6. The first-order valence-electron chi connectivity index (χ1n) is 13.0. The molecule has 2 aliphatic rings. The van der Waals surface area contributed by atoms with Crippen molar-refractivity contribution in [2.45, 2.75) is 57.6 Å². The molecule has 1 aromatic heterocycles. The van der Waals surface area contributed by atoms with Crippen LogP contribution < -0.4 is 10.1 Å². The Labute approximate surface area is 236 Å². The third-order valence-electron chi connectivity index (χ3n) is 7.95. The summed E-state index contributed by atoms with van der Waals surface area (Å²) in [7, 11) is -3.26. The number of alkyl halides is 2. The Morgan fingerprint density at radius 1 is 1.15 bits per heavy atom. The predicted molar refractivity (Wildman–Crippen MR) is 145 cm³/mol. The van der Waals surface area contributed by atoms with Crippen molar-refractivity contribution >= 4 is 39.0 Å². The van der Waals surface area contributed by atoms with Crippen LogP contribution in [0.3, 0.4) is 0 Å². The average Bonchev–Trinajstić information content (AvgIpc) is 3.38. The highest BCUT2D eigenvalue weighted by molar-refractivity contribution is 7.91. The zero-order chi connectivity index (χ0) is 29.3. The van der Waals surface area contributed by atoms with Crippen LogP contribution in [-0.4, -0.2) is 77.8 Å². The standard InChI is InChI=1S/C26H33ClF2N4O6S/c1-17(2)20-5-10-30-33(20)26(22(34)31-19-4-3-18(27)15-21(19)39-24(28)29)6-11-32(12-7-26)16-25(23(35)36)8-13-40(37,38)14-9-25/h3-5,10,15,17,24H,6-9,11-14,16H2,1-2H3,(H,31,34)(H,35,36). The molecule has 10 nitrogen and oxygen atoms in total. The number of nitrogens with one attached hydrogen (secondary N) is 1. The molecule has 1 aromatic carbocycles. The fourth-order valence-corrected chi connectivity index (χ4v) is 7.32. The summed E-state index contributed by atoms with van der Waals surface area (Å²) in [4.78, 5) is 28.2. The van der Waals surface area contributed by atoms with Gasteiger partial charge in [0.05, 0.1) is 22.6 Å². The van der Waals surface area contributed by atoms with Crippen LogP contribution in [0.5, 0.6) is 5.75 Å². The predicted octanol–water partition coefficient (Wildman–Crippen LogP) is 3.97. The number of aliphatic carboxylic acids is 1. The van der Waals surface area contributed by atoms with E-state index in [-0.39, 0.29) is 66.1 Å². The van der Waals surface area contributed by atoms with E-state index in [0.29, 0.717) is 13.1 Å². The average molecular weight is 603 g/mol. The molecule has 2 aliphatic heterocycles.